The minimum absolute atomic E-state index is 0.0195. The van der Waals surface area contributed by atoms with E-state index < -0.39 is 5.82 Å². The van der Waals surface area contributed by atoms with Crippen LogP contribution in [0.25, 0.3) is 22.3 Å². The first-order valence-corrected chi connectivity index (χ1v) is 8.07. The molecule has 0 aliphatic heterocycles. The van der Waals surface area contributed by atoms with Gasteiger partial charge in [-0.05, 0) is 36.7 Å². The maximum Gasteiger partial charge on any atom is 0.280 e. The monoisotopic (exact) mass is 382 g/mol. The number of methoxy groups -OCH3 is 1. The molecule has 2 aromatic heterocycles. The molecule has 0 N–H and O–H groups in total. The van der Waals surface area contributed by atoms with E-state index in [0.29, 0.717) is 19.0 Å². The SMILES string of the molecule is COCCn1c(C)nc2c(-c3ccc(Cl)cc3F)nc(Cl)nc2c1=O. The number of hydrogen-bond donors (Lipinski definition) is 0. The highest BCUT2D eigenvalue weighted by Gasteiger charge is 2.18. The molecule has 3 rings (SSSR count). The van der Waals surface area contributed by atoms with E-state index >= 15 is 0 Å². The molecule has 25 heavy (non-hydrogen) atoms. The standard InChI is InChI=1S/C16H13Cl2FN4O2/c1-8-20-13-12(10-4-3-9(17)7-11(10)19)21-16(18)22-14(13)15(24)23(8)5-6-25-2/h3-4,7H,5-6H2,1-2H3. The highest BCUT2D eigenvalue weighted by Crippen LogP contribution is 2.28. The van der Waals surface area contributed by atoms with E-state index in [0.717, 1.165) is 6.07 Å². The minimum Gasteiger partial charge on any atom is -0.383 e. The zero-order chi connectivity index (χ0) is 18.1. The first-order chi connectivity index (χ1) is 11.9. The fraction of sp³-hybridized carbons (Fsp3) is 0.250. The van der Waals surface area contributed by atoms with Crippen molar-refractivity contribution >= 4 is 34.2 Å². The molecule has 0 bridgehead atoms. The van der Waals surface area contributed by atoms with Gasteiger partial charge in [-0.2, -0.15) is 0 Å². The van der Waals surface area contributed by atoms with Crippen molar-refractivity contribution in [1.29, 1.82) is 0 Å². The lowest BCUT2D eigenvalue weighted by Gasteiger charge is -2.12. The van der Waals surface area contributed by atoms with Crippen molar-refractivity contribution in [1.82, 2.24) is 19.5 Å². The third kappa shape index (κ3) is 3.35. The molecule has 0 fully saturated rings. The number of rotatable bonds is 4. The largest absolute Gasteiger partial charge is 0.383 e. The van der Waals surface area contributed by atoms with Gasteiger partial charge in [0.05, 0.1) is 13.2 Å². The number of ether oxygens (including phenoxy) is 1. The van der Waals surface area contributed by atoms with Gasteiger partial charge in [-0.1, -0.05) is 11.6 Å². The van der Waals surface area contributed by atoms with Crippen LogP contribution in [0.5, 0.6) is 0 Å². The Morgan fingerprint density at radius 1 is 1.20 bits per heavy atom. The number of nitrogens with zero attached hydrogens (tertiary/aromatic N) is 4. The third-order valence-corrected chi connectivity index (χ3v) is 4.08. The summed E-state index contributed by atoms with van der Waals surface area (Å²) in [5, 5.41) is 0.0784. The summed E-state index contributed by atoms with van der Waals surface area (Å²) in [7, 11) is 1.54. The predicted molar refractivity (Wildman–Crippen MR) is 93.6 cm³/mol. The maximum atomic E-state index is 14.3. The number of benzene rings is 1. The summed E-state index contributed by atoms with van der Waals surface area (Å²) in [6.45, 7) is 2.33. The lowest BCUT2D eigenvalue weighted by molar-refractivity contribution is 0.185. The van der Waals surface area contributed by atoms with E-state index in [9.17, 15) is 9.18 Å². The van der Waals surface area contributed by atoms with Crippen LogP contribution in [0.1, 0.15) is 5.82 Å². The normalized spacial score (nSPS) is 11.2. The molecular formula is C16H13Cl2FN4O2. The van der Waals surface area contributed by atoms with Gasteiger partial charge in [0.2, 0.25) is 5.28 Å². The quantitative estimate of drug-likeness (QED) is 0.647. The fourth-order valence-electron chi connectivity index (χ4n) is 2.49. The molecule has 0 atom stereocenters. The van der Waals surface area contributed by atoms with Gasteiger partial charge in [0.1, 0.15) is 22.9 Å². The summed E-state index contributed by atoms with van der Waals surface area (Å²) in [5.74, 6) is -0.150. The van der Waals surface area contributed by atoms with Crippen molar-refractivity contribution in [3.05, 3.63) is 50.5 Å². The molecule has 9 heteroatoms. The second-order valence-corrected chi connectivity index (χ2v) is 6.05. The Bertz CT molecular complexity index is 1020. The summed E-state index contributed by atoms with van der Waals surface area (Å²) in [6, 6.07) is 4.14. The second kappa shape index (κ2) is 7.03. The van der Waals surface area contributed by atoms with Crippen molar-refractivity contribution in [2.45, 2.75) is 13.5 Å². The van der Waals surface area contributed by atoms with Crippen molar-refractivity contribution in [3.63, 3.8) is 0 Å². The highest BCUT2D eigenvalue weighted by molar-refractivity contribution is 6.30. The zero-order valence-electron chi connectivity index (χ0n) is 13.4. The Morgan fingerprint density at radius 2 is 1.96 bits per heavy atom. The molecule has 0 unspecified atom stereocenters. The summed E-state index contributed by atoms with van der Waals surface area (Å²) in [4.78, 5) is 25.2. The lowest BCUT2D eigenvalue weighted by Crippen LogP contribution is -2.26. The molecule has 0 aliphatic carbocycles. The molecule has 0 spiro atoms. The van der Waals surface area contributed by atoms with E-state index in [1.807, 2.05) is 0 Å². The molecule has 1 aromatic carbocycles. The van der Waals surface area contributed by atoms with Crippen LogP contribution >= 0.6 is 23.2 Å². The molecule has 0 saturated heterocycles. The average Bonchev–Trinajstić information content (AvgIpc) is 2.55. The van der Waals surface area contributed by atoms with Crippen molar-refractivity contribution in [2.75, 3.05) is 13.7 Å². The molecule has 0 saturated carbocycles. The number of aromatic nitrogens is 4. The molecule has 6 nitrogen and oxygen atoms in total. The summed E-state index contributed by atoms with van der Waals surface area (Å²) in [5.41, 5.74) is 0.0928. The van der Waals surface area contributed by atoms with Crippen LogP contribution < -0.4 is 5.56 Å². The number of hydrogen-bond acceptors (Lipinski definition) is 5. The number of halogens is 3. The second-order valence-electron chi connectivity index (χ2n) is 5.27. The molecular weight excluding hydrogens is 370 g/mol. The highest BCUT2D eigenvalue weighted by atomic mass is 35.5. The summed E-state index contributed by atoms with van der Waals surface area (Å²) < 4.78 is 20.8. The van der Waals surface area contributed by atoms with Gasteiger partial charge >= 0.3 is 0 Å². The molecule has 0 radical (unpaired) electrons. The van der Waals surface area contributed by atoms with E-state index in [1.165, 1.54) is 23.8 Å². The van der Waals surface area contributed by atoms with Gasteiger partial charge in [-0.3, -0.25) is 9.36 Å². The van der Waals surface area contributed by atoms with Gasteiger partial charge in [0.25, 0.3) is 5.56 Å². The van der Waals surface area contributed by atoms with Gasteiger partial charge in [-0.15, -0.1) is 0 Å². The van der Waals surface area contributed by atoms with Crippen LogP contribution in [-0.2, 0) is 11.3 Å². The maximum absolute atomic E-state index is 14.3. The first-order valence-electron chi connectivity index (χ1n) is 7.31. The summed E-state index contributed by atoms with van der Waals surface area (Å²) in [6.07, 6.45) is 0. The zero-order valence-corrected chi connectivity index (χ0v) is 14.9. The predicted octanol–water partition coefficient (Wildman–Crippen LogP) is 3.25. The molecule has 2 heterocycles. The van der Waals surface area contributed by atoms with Crippen molar-refractivity contribution in [3.8, 4) is 11.3 Å². The van der Waals surface area contributed by atoms with Gasteiger partial charge < -0.3 is 4.74 Å². The van der Waals surface area contributed by atoms with Crippen LogP contribution in [0.2, 0.25) is 10.3 Å². The van der Waals surface area contributed by atoms with E-state index in [2.05, 4.69) is 15.0 Å². The topological polar surface area (TPSA) is 69.9 Å². The Kier molecular flexibility index (Phi) is 4.99. The Balaban J connectivity index is 2.32. The molecule has 0 aliphatic rings. The van der Waals surface area contributed by atoms with Crippen molar-refractivity contribution in [2.24, 2.45) is 0 Å². The van der Waals surface area contributed by atoms with E-state index in [4.69, 9.17) is 27.9 Å². The Hall–Kier alpha value is -2.09. The fourth-order valence-corrected chi connectivity index (χ4v) is 2.82. The van der Waals surface area contributed by atoms with Crippen molar-refractivity contribution < 1.29 is 9.13 Å². The van der Waals surface area contributed by atoms with Crippen LogP contribution in [0.15, 0.2) is 23.0 Å². The number of aryl methyl sites for hydroxylation is 1. The minimum atomic E-state index is -0.591. The van der Waals surface area contributed by atoms with Crippen LogP contribution in [-0.4, -0.2) is 33.2 Å². The average molecular weight is 383 g/mol. The molecule has 130 valence electrons. The van der Waals surface area contributed by atoms with Gasteiger partial charge in [0.15, 0.2) is 5.52 Å². The van der Waals surface area contributed by atoms with Crippen LogP contribution in [0, 0.1) is 12.7 Å². The Labute approximate surface area is 152 Å². The van der Waals surface area contributed by atoms with Crippen LogP contribution in [0.3, 0.4) is 0 Å². The lowest BCUT2D eigenvalue weighted by atomic mass is 10.1. The van der Waals surface area contributed by atoms with Gasteiger partial charge in [0, 0.05) is 17.7 Å². The number of fused-ring (bicyclic) bond motifs is 1. The molecule has 0 amide bonds. The van der Waals surface area contributed by atoms with Gasteiger partial charge in [-0.25, -0.2) is 19.3 Å². The van der Waals surface area contributed by atoms with E-state index in [-0.39, 0.29) is 38.2 Å². The smallest absolute Gasteiger partial charge is 0.280 e. The van der Waals surface area contributed by atoms with E-state index in [1.54, 1.807) is 6.92 Å². The molecule has 3 aromatic rings. The first kappa shape index (κ1) is 17.7. The van der Waals surface area contributed by atoms with Crippen LogP contribution in [0.4, 0.5) is 4.39 Å². The Morgan fingerprint density at radius 3 is 2.64 bits per heavy atom. The summed E-state index contributed by atoms with van der Waals surface area (Å²) >= 11 is 11.7. The third-order valence-electron chi connectivity index (χ3n) is 3.67.